The number of allylic oxidation sites excluding steroid dienone is 1. The zero-order chi connectivity index (χ0) is 12.2. The van der Waals surface area contributed by atoms with Crippen LogP contribution < -0.4 is 0 Å². The van der Waals surface area contributed by atoms with Gasteiger partial charge in [-0.2, -0.15) is 0 Å². The zero-order valence-corrected chi connectivity index (χ0v) is 10.3. The molecule has 0 aromatic heterocycles. The van der Waals surface area contributed by atoms with E-state index < -0.39 is 0 Å². The number of para-hydroxylation sites is 1. The van der Waals surface area contributed by atoms with Crippen LogP contribution in [-0.2, 0) is 5.41 Å². The molecule has 0 aliphatic rings. The minimum absolute atomic E-state index is 0.0825. The minimum atomic E-state index is -0.0825. The summed E-state index contributed by atoms with van der Waals surface area (Å²) in [5.74, 6) is 0. The summed E-state index contributed by atoms with van der Waals surface area (Å²) in [5, 5.41) is 0. The quantitative estimate of drug-likeness (QED) is 0.515. The maximum absolute atomic E-state index is 4.45. The predicted molar refractivity (Wildman–Crippen MR) is 73.6 cm³/mol. The van der Waals surface area contributed by atoms with Crippen molar-refractivity contribution in [2.75, 3.05) is 0 Å². The Balaban J connectivity index is 3.50. The largest absolute Gasteiger partial charge is 0.261 e. The lowest BCUT2D eigenvalue weighted by Crippen LogP contribution is -2.13. The Labute approximate surface area is 98.2 Å². The molecule has 0 saturated carbocycles. The molecule has 0 bridgehead atoms. The average Bonchev–Trinajstić information content (AvgIpc) is 2.29. The molecule has 0 amide bonds. The van der Waals surface area contributed by atoms with E-state index in [9.17, 15) is 0 Å². The third-order valence-electron chi connectivity index (χ3n) is 2.75. The van der Waals surface area contributed by atoms with Crippen LogP contribution in [0, 0.1) is 0 Å². The van der Waals surface area contributed by atoms with Crippen LogP contribution in [0.1, 0.15) is 31.9 Å². The molecular weight excluding hydrogens is 194 g/mol. The van der Waals surface area contributed by atoms with Crippen molar-refractivity contribution in [3.8, 4) is 0 Å². The third kappa shape index (κ3) is 2.30. The Bertz CT molecular complexity index is 425. The Morgan fingerprint density at radius 1 is 1.25 bits per heavy atom. The normalized spacial score (nSPS) is 11.7. The van der Waals surface area contributed by atoms with E-state index in [2.05, 4.69) is 38.1 Å². The van der Waals surface area contributed by atoms with Crippen molar-refractivity contribution in [2.45, 2.75) is 26.2 Å². The van der Waals surface area contributed by atoms with E-state index in [4.69, 9.17) is 0 Å². The Morgan fingerprint density at radius 2 is 1.94 bits per heavy atom. The molecule has 0 atom stereocenters. The van der Waals surface area contributed by atoms with Gasteiger partial charge in [-0.1, -0.05) is 50.8 Å². The molecule has 0 N–H and O–H groups in total. The van der Waals surface area contributed by atoms with Gasteiger partial charge in [0.05, 0.1) is 5.69 Å². The number of aliphatic imine (C=N–C) groups is 1. The monoisotopic (exact) mass is 213 g/mol. The van der Waals surface area contributed by atoms with Gasteiger partial charge in [0.2, 0.25) is 0 Å². The summed E-state index contributed by atoms with van der Waals surface area (Å²) in [6.45, 7) is 13.9. The van der Waals surface area contributed by atoms with Crippen LogP contribution >= 0.6 is 0 Å². The molecule has 84 valence electrons. The highest BCUT2D eigenvalue weighted by molar-refractivity contribution is 5.73. The summed E-state index contributed by atoms with van der Waals surface area (Å²) in [6, 6.07) is 6.15. The van der Waals surface area contributed by atoms with Crippen molar-refractivity contribution in [3.63, 3.8) is 0 Å². The summed E-state index contributed by atoms with van der Waals surface area (Å²) in [7, 11) is 0. The van der Waals surface area contributed by atoms with E-state index in [1.165, 1.54) is 5.56 Å². The Morgan fingerprint density at radius 3 is 2.44 bits per heavy atom. The molecule has 0 saturated heterocycles. The van der Waals surface area contributed by atoms with Gasteiger partial charge < -0.3 is 0 Å². The number of hydrogen-bond acceptors (Lipinski definition) is 1. The van der Waals surface area contributed by atoms with Crippen molar-refractivity contribution in [1.82, 2.24) is 0 Å². The van der Waals surface area contributed by atoms with Gasteiger partial charge in [-0.25, -0.2) is 0 Å². The zero-order valence-electron chi connectivity index (χ0n) is 10.3. The summed E-state index contributed by atoms with van der Waals surface area (Å²) in [4.78, 5) is 4.45. The minimum Gasteiger partial charge on any atom is -0.261 e. The summed E-state index contributed by atoms with van der Waals surface area (Å²) < 4.78 is 0. The number of nitrogens with zero attached hydrogens (tertiary/aromatic N) is 1. The van der Waals surface area contributed by atoms with Crippen LogP contribution in [0.2, 0.25) is 0 Å². The Hall–Kier alpha value is -1.63. The molecule has 1 nitrogen and oxygen atoms in total. The first-order valence-corrected chi connectivity index (χ1v) is 5.45. The van der Waals surface area contributed by atoms with Crippen LogP contribution in [0.4, 0.5) is 5.69 Å². The number of hydrogen-bond donors (Lipinski definition) is 0. The average molecular weight is 213 g/mol. The summed E-state index contributed by atoms with van der Waals surface area (Å²) >= 11 is 0. The first kappa shape index (κ1) is 12.4. The lowest BCUT2D eigenvalue weighted by molar-refractivity contribution is 0.673. The molecule has 0 aliphatic carbocycles. The van der Waals surface area contributed by atoms with Crippen LogP contribution in [0.25, 0.3) is 6.08 Å². The van der Waals surface area contributed by atoms with E-state index in [1.807, 2.05) is 37.4 Å². The fourth-order valence-electron chi connectivity index (χ4n) is 1.63. The van der Waals surface area contributed by atoms with Crippen molar-refractivity contribution in [2.24, 2.45) is 4.99 Å². The smallest absolute Gasteiger partial charge is 0.0738 e. The van der Waals surface area contributed by atoms with E-state index in [0.29, 0.717) is 0 Å². The third-order valence-corrected chi connectivity index (χ3v) is 2.75. The lowest BCUT2D eigenvalue weighted by Gasteiger charge is -2.23. The molecule has 0 radical (unpaired) electrons. The highest BCUT2D eigenvalue weighted by atomic mass is 14.7. The molecule has 1 aromatic carbocycles. The second-order valence-corrected chi connectivity index (χ2v) is 4.26. The molecular formula is C15H19N. The van der Waals surface area contributed by atoms with Crippen molar-refractivity contribution in [1.29, 1.82) is 0 Å². The van der Waals surface area contributed by atoms with Gasteiger partial charge in [0.15, 0.2) is 0 Å². The predicted octanol–water partition coefficient (Wildman–Crippen LogP) is 4.52. The van der Waals surface area contributed by atoms with Crippen LogP contribution in [0.15, 0.2) is 42.4 Å². The molecule has 1 rings (SSSR count). The molecule has 16 heavy (non-hydrogen) atoms. The van der Waals surface area contributed by atoms with E-state index >= 15 is 0 Å². The fraction of sp³-hybridized carbons (Fsp3) is 0.267. The van der Waals surface area contributed by atoms with Crippen molar-refractivity contribution in [3.05, 3.63) is 48.6 Å². The fourth-order valence-corrected chi connectivity index (χ4v) is 1.63. The first-order chi connectivity index (χ1) is 7.56. The maximum Gasteiger partial charge on any atom is 0.0738 e. The van der Waals surface area contributed by atoms with E-state index in [1.54, 1.807) is 0 Å². The molecule has 0 aliphatic heterocycles. The highest BCUT2D eigenvalue weighted by Gasteiger charge is 2.20. The van der Waals surface area contributed by atoms with E-state index in [-0.39, 0.29) is 5.41 Å². The molecule has 0 spiro atoms. The van der Waals surface area contributed by atoms with Crippen LogP contribution in [-0.4, -0.2) is 6.21 Å². The van der Waals surface area contributed by atoms with E-state index in [0.717, 1.165) is 11.3 Å². The Kier molecular flexibility index (Phi) is 3.83. The van der Waals surface area contributed by atoms with Crippen LogP contribution in [0.3, 0.4) is 0 Å². The lowest BCUT2D eigenvalue weighted by atomic mass is 9.82. The molecule has 0 fully saturated rings. The van der Waals surface area contributed by atoms with Crippen molar-refractivity contribution >= 4 is 18.0 Å². The van der Waals surface area contributed by atoms with Gasteiger partial charge in [0.1, 0.15) is 0 Å². The SMILES string of the molecule is C=Cc1cccc(C(C)(C)C=C)c1N=CC. The van der Waals surface area contributed by atoms with Gasteiger partial charge in [-0.3, -0.25) is 4.99 Å². The van der Waals surface area contributed by atoms with Gasteiger partial charge in [0.25, 0.3) is 0 Å². The second kappa shape index (κ2) is 4.93. The van der Waals surface area contributed by atoms with Gasteiger partial charge >= 0.3 is 0 Å². The van der Waals surface area contributed by atoms with Crippen LogP contribution in [0.5, 0.6) is 0 Å². The molecule has 0 unspecified atom stereocenters. The molecule has 1 heteroatoms. The maximum atomic E-state index is 4.45. The van der Waals surface area contributed by atoms with Gasteiger partial charge in [-0.05, 0) is 18.1 Å². The standard InChI is InChI=1S/C15H19N/c1-6-12-10-9-11-13(14(12)16-8-3)15(4,5)7-2/h6-11H,1-2H2,3-5H3. The second-order valence-electron chi connectivity index (χ2n) is 4.26. The number of rotatable bonds is 4. The highest BCUT2D eigenvalue weighted by Crippen LogP contribution is 2.35. The molecule has 1 aromatic rings. The topological polar surface area (TPSA) is 12.4 Å². The van der Waals surface area contributed by atoms with Crippen molar-refractivity contribution < 1.29 is 0 Å². The first-order valence-electron chi connectivity index (χ1n) is 5.45. The summed E-state index contributed by atoms with van der Waals surface area (Å²) in [6.07, 6.45) is 5.60. The summed E-state index contributed by atoms with van der Waals surface area (Å²) in [5.41, 5.74) is 3.15. The van der Waals surface area contributed by atoms with Gasteiger partial charge in [0, 0.05) is 11.6 Å². The number of benzene rings is 1. The van der Waals surface area contributed by atoms with Gasteiger partial charge in [-0.15, -0.1) is 6.58 Å². The molecule has 0 heterocycles.